The summed E-state index contributed by atoms with van der Waals surface area (Å²) in [7, 11) is 0. The van der Waals surface area contributed by atoms with E-state index in [9.17, 15) is 18.3 Å². The lowest BCUT2D eigenvalue weighted by molar-refractivity contribution is -0.137. The molecule has 2 aromatic heterocycles. The Kier molecular flexibility index (Phi) is 6.59. The van der Waals surface area contributed by atoms with E-state index in [0.717, 1.165) is 59.4 Å². The summed E-state index contributed by atoms with van der Waals surface area (Å²) in [6.45, 7) is 4.29. The third kappa shape index (κ3) is 5.17. The first-order valence-corrected chi connectivity index (χ1v) is 11.8. The number of aryl methyl sites for hydroxylation is 1. The zero-order valence-electron chi connectivity index (χ0n) is 19.8. The van der Waals surface area contributed by atoms with Crippen molar-refractivity contribution >= 4 is 22.4 Å². The number of rotatable bonds is 6. The van der Waals surface area contributed by atoms with Crippen LogP contribution in [0, 0.1) is 12.8 Å². The number of pyridine rings is 1. The third-order valence-corrected chi connectivity index (χ3v) is 6.49. The van der Waals surface area contributed by atoms with Gasteiger partial charge in [-0.1, -0.05) is 12.1 Å². The van der Waals surface area contributed by atoms with Gasteiger partial charge in [0, 0.05) is 36.0 Å². The molecule has 1 aliphatic rings. The van der Waals surface area contributed by atoms with Gasteiger partial charge in [0.25, 0.3) is 0 Å². The zero-order chi connectivity index (χ0) is 25.3. The molecule has 2 aromatic carbocycles. The number of hydrogen-bond donors (Lipinski definition) is 2. The molecule has 2 N–H and O–H groups in total. The van der Waals surface area contributed by atoms with Gasteiger partial charge in [-0.3, -0.25) is 9.88 Å². The average Bonchev–Trinajstić information content (AvgIpc) is 3.31. The van der Waals surface area contributed by atoms with Gasteiger partial charge in [0.05, 0.1) is 23.3 Å². The van der Waals surface area contributed by atoms with Gasteiger partial charge in [-0.15, -0.1) is 0 Å². The maximum Gasteiger partial charge on any atom is 0.416 e. The van der Waals surface area contributed by atoms with Crippen LogP contribution < -0.4 is 5.32 Å². The van der Waals surface area contributed by atoms with Crippen molar-refractivity contribution < 1.29 is 18.3 Å². The van der Waals surface area contributed by atoms with Gasteiger partial charge >= 0.3 is 6.18 Å². The molecule has 1 atom stereocenters. The van der Waals surface area contributed by atoms with Gasteiger partial charge in [-0.2, -0.15) is 13.2 Å². The zero-order valence-corrected chi connectivity index (χ0v) is 19.8. The first-order chi connectivity index (χ1) is 17.3. The van der Waals surface area contributed by atoms with Crippen molar-refractivity contribution in [2.24, 2.45) is 5.92 Å². The Morgan fingerprint density at radius 2 is 1.89 bits per heavy atom. The van der Waals surface area contributed by atoms with E-state index < -0.39 is 11.7 Å². The van der Waals surface area contributed by atoms with E-state index in [4.69, 9.17) is 9.97 Å². The molecule has 186 valence electrons. The van der Waals surface area contributed by atoms with Gasteiger partial charge in [0.15, 0.2) is 0 Å². The minimum Gasteiger partial charge on any atom is -0.396 e. The Bertz CT molecular complexity index is 1370. The molecule has 0 aliphatic carbocycles. The second kappa shape index (κ2) is 9.83. The largest absolute Gasteiger partial charge is 0.416 e. The molecule has 0 amide bonds. The van der Waals surface area contributed by atoms with E-state index in [1.165, 1.54) is 12.1 Å². The van der Waals surface area contributed by atoms with Crippen molar-refractivity contribution in [2.75, 3.05) is 25.0 Å². The van der Waals surface area contributed by atoms with Crippen LogP contribution in [0.4, 0.5) is 24.7 Å². The lowest BCUT2D eigenvalue weighted by atomic mass is 10.0. The lowest BCUT2D eigenvalue weighted by Crippen LogP contribution is -2.22. The molecular weight excluding hydrogens is 467 g/mol. The number of nitrogens with zero attached hydrogens (tertiary/aromatic N) is 4. The van der Waals surface area contributed by atoms with Gasteiger partial charge < -0.3 is 10.4 Å². The summed E-state index contributed by atoms with van der Waals surface area (Å²) < 4.78 is 39.0. The molecule has 1 aliphatic heterocycles. The fraction of sp³-hybridized carbons (Fsp3) is 0.296. The van der Waals surface area contributed by atoms with Gasteiger partial charge in [0.1, 0.15) is 11.6 Å². The van der Waals surface area contributed by atoms with Crippen molar-refractivity contribution in [3.05, 3.63) is 77.7 Å². The monoisotopic (exact) mass is 493 g/mol. The minimum absolute atomic E-state index is 0.155. The fourth-order valence-corrected chi connectivity index (χ4v) is 4.56. The van der Waals surface area contributed by atoms with E-state index in [2.05, 4.69) is 15.2 Å². The van der Waals surface area contributed by atoms with Crippen molar-refractivity contribution in [3.63, 3.8) is 0 Å². The number of aliphatic hydroxyl groups is 1. The lowest BCUT2D eigenvalue weighted by Gasteiger charge is -2.17. The molecule has 5 rings (SSSR count). The van der Waals surface area contributed by atoms with E-state index >= 15 is 0 Å². The first-order valence-electron chi connectivity index (χ1n) is 11.8. The minimum atomic E-state index is -4.39. The predicted octanol–water partition coefficient (Wildman–Crippen LogP) is 5.58. The smallest absolute Gasteiger partial charge is 0.396 e. The molecule has 36 heavy (non-hydrogen) atoms. The van der Waals surface area contributed by atoms with Gasteiger partial charge in [-0.25, -0.2) is 9.97 Å². The number of aromatic nitrogens is 3. The molecule has 0 spiro atoms. The fourth-order valence-electron chi connectivity index (χ4n) is 4.56. The molecule has 3 heterocycles. The number of nitrogens with one attached hydrogen (secondary N) is 1. The van der Waals surface area contributed by atoms with Crippen LogP contribution in [0.3, 0.4) is 0 Å². The second-order valence-electron chi connectivity index (χ2n) is 9.16. The van der Waals surface area contributed by atoms with Crippen molar-refractivity contribution in [1.82, 2.24) is 19.9 Å². The topological polar surface area (TPSA) is 74.2 Å². The normalized spacial score (nSPS) is 16.5. The Labute approximate surface area is 206 Å². The van der Waals surface area contributed by atoms with Crippen LogP contribution in [0.15, 0.2) is 60.8 Å². The van der Waals surface area contributed by atoms with Crippen LogP contribution in [0.1, 0.15) is 23.4 Å². The molecule has 6 nitrogen and oxygen atoms in total. The van der Waals surface area contributed by atoms with Crippen molar-refractivity contribution in [3.8, 4) is 11.3 Å². The predicted molar refractivity (Wildman–Crippen MR) is 133 cm³/mol. The molecule has 1 unspecified atom stereocenters. The summed E-state index contributed by atoms with van der Waals surface area (Å²) in [5, 5.41) is 13.4. The SMILES string of the molecule is Cc1cccnc1-c1ccc2c(Nc3ccc(C(F)(F)F)cc3)nc(CN3CCC(CO)C3)nc2c1. The molecule has 1 saturated heterocycles. The molecule has 9 heteroatoms. The van der Waals surface area contributed by atoms with Gasteiger partial charge in [0.2, 0.25) is 0 Å². The number of alkyl halides is 3. The summed E-state index contributed by atoms with van der Waals surface area (Å²) in [6.07, 6.45) is -1.72. The second-order valence-corrected chi connectivity index (χ2v) is 9.16. The van der Waals surface area contributed by atoms with Crippen LogP contribution in [0.2, 0.25) is 0 Å². The number of benzene rings is 2. The summed E-state index contributed by atoms with van der Waals surface area (Å²) >= 11 is 0. The van der Waals surface area contributed by atoms with Gasteiger partial charge in [-0.05, 0) is 73.8 Å². The average molecular weight is 494 g/mol. The number of aliphatic hydroxyl groups excluding tert-OH is 1. The summed E-state index contributed by atoms with van der Waals surface area (Å²) in [5.41, 5.74) is 3.34. The highest BCUT2D eigenvalue weighted by Crippen LogP contribution is 2.32. The van der Waals surface area contributed by atoms with Crippen molar-refractivity contribution in [1.29, 1.82) is 0 Å². The van der Waals surface area contributed by atoms with E-state index in [1.54, 1.807) is 6.20 Å². The number of likely N-dealkylation sites (tertiary alicyclic amines) is 1. The number of hydrogen-bond acceptors (Lipinski definition) is 6. The number of halogens is 3. The molecule has 1 fully saturated rings. The van der Waals surface area contributed by atoms with E-state index in [-0.39, 0.29) is 12.5 Å². The maximum atomic E-state index is 13.0. The highest BCUT2D eigenvalue weighted by atomic mass is 19.4. The summed E-state index contributed by atoms with van der Waals surface area (Å²) in [4.78, 5) is 16.3. The molecule has 0 bridgehead atoms. The molecule has 0 saturated carbocycles. The Hall–Kier alpha value is -3.56. The highest BCUT2D eigenvalue weighted by Gasteiger charge is 2.30. The van der Waals surface area contributed by atoms with E-state index in [0.29, 0.717) is 23.9 Å². The van der Waals surface area contributed by atoms with E-state index in [1.807, 2.05) is 37.3 Å². The quantitative estimate of drug-likeness (QED) is 0.366. The first kappa shape index (κ1) is 24.1. The van der Waals surface area contributed by atoms with Crippen LogP contribution in [-0.4, -0.2) is 44.7 Å². The van der Waals surface area contributed by atoms with Crippen LogP contribution in [0.5, 0.6) is 0 Å². The standard InChI is InChI=1S/C27H26F3N5O/c1-17-3-2-11-31-25(17)19-4-9-22-23(13-19)33-24(15-35-12-10-18(14-35)16-36)34-26(22)32-21-7-5-20(6-8-21)27(28,29)30/h2-9,11,13,18,36H,10,12,14-16H2,1H3,(H,32,33,34). The Balaban J connectivity index is 1.53. The summed E-state index contributed by atoms with van der Waals surface area (Å²) in [6, 6.07) is 14.6. The Morgan fingerprint density at radius 3 is 2.58 bits per heavy atom. The van der Waals surface area contributed by atoms with Crippen LogP contribution >= 0.6 is 0 Å². The molecule has 0 radical (unpaired) electrons. The number of anilines is 2. The summed E-state index contributed by atoms with van der Waals surface area (Å²) in [5.74, 6) is 1.37. The van der Waals surface area contributed by atoms with Crippen LogP contribution in [0.25, 0.3) is 22.2 Å². The maximum absolute atomic E-state index is 13.0. The molecular formula is C27H26F3N5O. The Morgan fingerprint density at radius 1 is 1.08 bits per heavy atom. The van der Waals surface area contributed by atoms with Crippen LogP contribution in [-0.2, 0) is 12.7 Å². The number of fused-ring (bicyclic) bond motifs is 1. The highest BCUT2D eigenvalue weighted by molar-refractivity contribution is 5.93. The van der Waals surface area contributed by atoms with Crippen molar-refractivity contribution in [2.45, 2.75) is 26.1 Å². The molecule has 4 aromatic rings. The third-order valence-electron chi connectivity index (χ3n) is 6.49.